The Kier molecular flexibility index (Phi) is 9.57. The van der Waals surface area contributed by atoms with Gasteiger partial charge >= 0.3 is 6.36 Å². The number of hydrogen-bond acceptors (Lipinski definition) is 7. The number of carbonyl (C=O) groups excluding carboxylic acids is 2. The lowest BCUT2D eigenvalue weighted by atomic mass is 9.75. The van der Waals surface area contributed by atoms with Gasteiger partial charge < -0.3 is 15.2 Å². The zero-order valence-electron chi connectivity index (χ0n) is 22.2. The van der Waals surface area contributed by atoms with Crippen molar-refractivity contribution in [3.8, 4) is 5.75 Å². The number of nitrogens with zero attached hydrogens (tertiary/aromatic N) is 2. The highest BCUT2D eigenvalue weighted by Crippen LogP contribution is 2.41. The monoisotopic (exact) mass is 596 g/mol. The molecular formula is C28H29F5N4O5. The number of halogens is 5. The van der Waals surface area contributed by atoms with Crippen LogP contribution >= 0.6 is 0 Å². The summed E-state index contributed by atoms with van der Waals surface area (Å²) in [5.41, 5.74) is 2.28. The average Bonchev–Trinajstić information content (AvgIpc) is 2.95. The fourth-order valence-electron chi connectivity index (χ4n) is 5.21. The Labute approximate surface area is 237 Å². The lowest BCUT2D eigenvalue weighted by molar-refractivity contribution is -0.274. The second-order valence-corrected chi connectivity index (χ2v) is 10.3. The third-order valence-corrected chi connectivity index (χ3v) is 7.37. The van der Waals surface area contributed by atoms with Crippen LogP contribution in [0.2, 0.25) is 0 Å². The fraction of sp³-hybridized carbons (Fsp3) is 0.429. The van der Waals surface area contributed by atoms with Crippen molar-refractivity contribution in [1.82, 2.24) is 20.8 Å². The average molecular weight is 597 g/mol. The molecule has 42 heavy (non-hydrogen) atoms. The maximum Gasteiger partial charge on any atom is 0.573 e. The van der Waals surface area contributed by atoms with E-state index in [4.69, 9.17) is 0 Å². The summed E-state index contributed by atoms with van der Waals surface area (Å²) in [4.78, 5) is 34.2. The molecule has 2 amide bonds. The quantitative estimate of drug-likeness (QED) is 0.153. The predicted octanol–water partition coefficient (Wildman–Crippen LogP) is 4.57. The van der Waals surface area contributed by atoms with E-state index in [1.165, 1.54) is 29.9 Å². The Hall–Kier alpha value is -3.91. The minimum absolute atomic E-state index is 0.00996. The number of amides is 2. The highest BCUT2D eigenvalue weighted by atomic mass is 19.4. The summed E-state index contributed by atoms with van der Waals surface area (Å²) >= 11 is 0. The molecular weight excluding hydrogens is 567 g/mol. The first kappa shape index (κ1) is 31.0. The van der Waals surface area contributed by atoms with E-state index in [0.717, 1.165) is 6.07 Å². The fourth-order valence-corrected chi connectivity index (χ4v) is 5.21. The molecule has 1 aromatic heterocycles. The van der Waals surface area contributed by atoms with Gasteiger partial charge in [-0.15, -0.1) is 13.2 Å². The van der Waals surface area contributed by atoms with Gasteiger partial charge in [0.05, 0.1) is 29.4 Å². The normalized spacial score (nSPS) is 17.7. The van der Waals surface area contributed by atoms with Gasteiger partial charge in [0.15, 0.2) is 0 Å². The van der Waals surface area contributed by atoms with Gasteiger partial charge in [0, 0.05) is 18.8 Å². The number of aromatic nitrogens is 2. The SMILES string of the molecule is O=C(NC(Cc1ccccc1OC(F)(F)F)C(O)CC(C(=O)NO)C1CCC(F)(F)CC1)c1cnc2ccccc2n1. The van der Waals surface area contributed by atoms with Crippen molar-refractivity contribution in [1.29, 1.82) is 0 Å². The Bertz CT molecular complexity index is 1400. The van der Waals surface area contributed by atoms with E-state index >= 15 is 0 Å². The number of fused-ring (bicyclic) bond motifs is 1. The second-order valence-electron chi connectivity index (χ2n) is 10.3. The van der Waals surface area contributed by atoms with Gasteiger partial charge in [-0.25, -0.2) is 19.2 Å². The zero-order chi connectivity index (χ0) is 30.5. The Morgan fingerprint density at radius 1 is 1.05 bits per heavy atom. The van der Waals surface area contributed by atoms with Crippen LogP contribution in [0.25, 0.3) is 11.0 Å². The molecule has 1 aliphatic carbocycles. The summed E-state index contributed by atoms with van der Waals surface area (Å²) in [6.07, 6.45) is -7.19. The van der Waals surface area contributed by atoms with E-state index in [-0.39, 0.29) is 36.9 Å². The molecule has 3 unspecified atom stereocenters. The number of nitrogens with one attached hydrogen (secondary N) is 2. The number of para-hydroxylation sites is 3. The van der Waals surface area contributed by atoms with Crippen LogP contribution in [0.4, 0.5) is 22.0 Å². The summed E-state index contributed by atoms with van der Waals surface area (Å²) in [5.74, 6) is -6.89. The molecule has 4 rings (SSSR count). The van der Waals surface area contributed by atoms with Gasteiger partial charge in [-0.1, -0.05) is 30.3 Å². The van der Waals surface area contributed by atoms with Crippen molar-refractivity contribution >= 4 is 22.8 Å². The molecule has 14 heteroatoms. The second kappa shape index (κ2) is 12.9. The third-order valence-electron chi connectivity index (χ3n) is 7.37. The smallest absolute Gasteiger partial charge is 0.406 e. The highest BCUT2D eigenvalue weighted by molar-refractivity contribution is 5.94. The number of carbonyl (C=O) groups is 2. The van der Waals surface area contributed by atoms with E-state index < -0.39 is 66.7 Å². The van der Waals surface area contributed by atoms with Crippen LogP contribution < -0.4 is 15.5 Å². The number of benzene rings is 2. The van der Waals surface area contributed by atoms with Crippen LogP contribution in [-0.2, 0) is 11.2 Å². The molecule has 0 saturated heterocycles. The first-order valence-corrected chi connectivity index (χ1v) is 13.2. The lowest BCUT2D eigenvalue weighted by Gasteiger charge is -2.35. The first-order valence-electron chi connectivity index (χ1n) is 13.2. The standard InChI is InChI=1S/C28H29F5N4O5/c29-27(30)11-9-16(10-12-27)18(25(39)37-41)14-23(38)21(13-17-5-1-4-8-24(17)42-28(31,32)33)36-26(40)22-15-34-19-6-2-3-7-20(19)35-22/h1-8,15-16,18,21,23,38,41H,9-14H2,(H,36,40)(H,37,39). The maximum absolute atomic E-state index is 13.8. The van der Waals surface area contributed by atoms with Crippen molar-refractivity contribution < 1.29 is 46.6 Å². The molecule has 3 aromatic rings. The van der Waals surface area contributed by atoms with Crippen molar-refractivity contribution in [3.05, 3.63) is 66.0 Å². The Morgan fingerprint density at radius 2 is 1.69 bits per heavy atom. The minimum Gasteiger partial charge on any atom is -0.406 e. The molecule has 0 spiro atoms. The van der Waals surface area contributed by atoms with Crippen LogP contribution in [0.1, 0.15) is 48.2 Å². The molecule has 3 atom stereocenters. The number of aliphatic hydroxyl groups excluding tert-OH is 1. The summed E-state index contributed by atoms with van der Waals surface area (Å²) in [5, 5.41) is 23.2. The molecule has 1 saturated carbocycles. The number of rotatable bonds is 10. The Morgan fingerprint density at radius 3 is 2.36 bits per heavy atom. The molecule has 0 bridgehead atoms. The lowest BCUT2D eigenvalue weighted by Crippen LogP contribution is -2.48. The Balaban J connectivity index is 1.61. The zero-order valence-corrected chi connectivity index (χ0v) is 22.2. The van der Waals surface area contributed by atoms with Gasteiger partial charge in [-0.05, 0) is 55.4 Å². The molecule has 9 nitrogen and oxygen atoms in total. The molecule has 0 radical (unpaired) electrons. The summed E-state index contributed by atoms with van der Waals surface area (Å²) < 4.78 is 70.8. The largest absolute Gasteiger partial charge is 0.573 e. The van der Waals surface area contributed by atoms with Gasteiger partial charge in [-0.2, -0.15) is 0 Å². The predicted molar refractivity (Wildman–Crippen MR) is 139 cm³/mol. The van der Waals surface area contributed by atoms with E-state index in [2.05, 4.69) is 20.0 Å². The maximum atomic E-state index is 13.8. The van der Waals surface area contributed by atoms with E-state index in [1.54, 1.807) is 24.3 Å². The minimum atomic E-state index is -5.01. The first-order chi connectivity index (χ1) is 19.8. The van der Waals surface area contributed by atoms with Gasteiger partial charge in [0.1, 0.15) is 11.4 Å². The van der Waals surface area contributed by atoms with Crippen LogP contribution in [0.5, 0.6) is 5.75 Å². The number of aliphatic hydroxyl groups is 1. The van der Waals surface area contributed by atoms with Gasteiger partial charge in [-0.3, -0.25) is 19.8 Å². The van der Waals surface area contributed by atoms with Crippen molar-refractivity contribution in [2.75, 3.05) is 0 Å². The summed E-state index contributed by atoms with van der Waals surface area (Å²) in [6.45, 7) is 0. The van der Waals surface area contributed by atoms with E-state index in [9.17, 15) is 41.9 Å². The van der Waals surface area contributed by atoms with E-state index in [1.807, 2.05) is 0 Å². The molecule has 2 aromatic carbocycles. The number of alkyl halides is 5. The molecule has 1 fully saturated rings. The molecule has 4 N–H and O–H groups in total. The van der Waals surface area contributed by atoms with Crippen LogP contribution in [0.15, 0.2) is 54.7 Å². The molecule has 0 aliphatic heterocycles. The van der Waals surface area contributed by atoms with Crippen molar-refractivity contribution in [3.63, 3.8) is 0 Å². The van der Waals surface area contributed by atoms with E-state index in [0.29, 0.717) is 11.0 Å². The van der Waals surface area contributed by atoms with Gasteiger partial charge in [0.25, 0.3) is 5.91 Å². The van der Waals surface area contributed by atoms with Crippen LogP contribution in [-0.4, -0.2) is 56.5 Å². The third kappa shape index (κ3) is 8.10. The number of hydroxylamine groups is 1. The number of hydrogen-bond donors (Lipinski definition) is 4. The van der Waals surface area contributed by atoms with Crippen molar-refractivity contribution in [2.45, 2.75) is 63.0 Å². The molecule has 1 aliphatic rings. The highest BCUT2D eigenvalue weighted by Gasteiger charge is 2.41. The summed E-state index contributed by atoms with van der Waals surface area (Å²) in [7, 11) is 0. The summed E-state index contributed by atoms with van der Waals surface area (Å²) in [6, 6.07) is 10.6. The van der Waals surface area contributed by atoms with Crippen LogP contribution in [0.3, 0.4) is 0 Å². The van der Waals surface area contributed by atoms with Crippen LogP contribution in [0, 0.1) is 11.8 Å². The van der Waals surface area contributed by atoms with Crippen molar-refractivity contribution in [2.24, 2.45) is 11.8 Å². The number of ether oxygens (including phenoxy) is 1. The molecule has 1 heterocycles. The topological polar surface area (TPSA) is 134 Å². The van der Waals surface area contributed by atoms with Gasteiger partial charge in [0.2, 0.25) is 11.8 Å². The molecule has 226 valence electrons.